The number of ether oxygens (including phenoxy) is 1. The average Bonchev–Trinajstić information content (AvgIpc) is 3.37. The van der Waals surface area contributed by atoms with Crippen LogP contribution in [0.25, 0.3) is 25.7 Å². The Balaban J connectivity index is 1.28. The van der Waals surface area contributed by atoms with E-state index in [1.807, 2.05) is 47.8 Å². The molecule has 3 heterocycles. The van der Waals surface area contributed by atoms with E-state index in [2.05, 4.69) is 9.97 Å². The highest BCUT2D eigenvalue weighted by Gasteiger charge is 2.13. The van der Waals surface area contributed by atoms with E-state index in [9.17, 15) is 9.59 Å². The Bertz CT molecular complexity index is 1490. The van der Waals surface area contributed by atoms with Crippen molar-refractivity contribution in [1.82, 2.24) is 14.4 Å². The van der Waals surface area contributed by atoms with E-state index in [-0.39, 0.29) is 18.6 Å². The summed E-state index contributed by atoms with van der Waals surface area (Å²) in [4.78, 5) is 34.4. The Morgan fingerprint density at radius 2 is 1.94 bits per heavy atom. The van der Waals surface area contributed by atoms with Gasteiger partial charge in [-0.2, -0.15) is 0 Å². The van der Waals surface area contributed by atoms with Crippen molar-refractivity contribution in [2.45, 2.75) is 13.0 Å². The first-order chi connectivity index (χ1) is 15.1. The molecule has 0 bridgehead atoms. The van der Waals surface area contributed by atoms with Gasteiger partial charge in [-0.25, -0.2) is 9.97 Å². The van der Waals surface area contributed by atoms with E-state index < -0.39 is 5.97 Å². The predicted molar refractivity (Wildman–Crippen MR) is 123 cm³/mol. The van der Waals surface area contributed by atoms with Crippen LogP contribution in [0.2, 0.25) is 5.02 Å². The number of carbonyl (C=O) groups is 1. The third-order valence-corrected chi connectivity index (χ3v) is 6.78. The Hall–Kier alpha value is -3.07. The number of esters is 1. The van der Waals surface area contributed by atoms with E-state index >= 15 is 0 Å². The summed E-state index contributed by atoms with van der Waals surface area (Å²) < 4.78 is 7.88. The van der Waals surface area contributed by atoms with Crippen LogP contribution in [0, 0.1) is 0 Å². The van der Waals surface area contributed by atoms with E-state index in [1.54, 1.807) is 10.5 Å². The van der Waals surface area contributed by atoms with Gasteiger partial charge in [0, 0.05) is 22.0 Å². The molecule has 0 unspecified atom stereocenters. The van der Waals surface area contributed by atoms with Crippen LogP contribution < -0.4 is 5.56 Å². The average molecular weight is 468 g/mol. The number of hydrogen-bond donors (Lipinski definition) is 0. The number of thiazole rings is 2. The lowest BCUT2D eigenvalue weighted by Gasteiger charge is -2.04. The van der Waals surface area contributed by atoms with Crippen LogP contribution >= 0.6 is 34.3 Å². The van der Waals surface area contributed by atoms with Crippen molar-refractivity contribution in [3.63, 3.8) is 0 Å². The fraction of sp³-hybridized carbons (Fsp3) is 0.0909. The van der Waals surface area contributed by atoms with Gasteiger partial charge in [0.05, 0.1) is 28.0 Å². The van der Waals surface area contributed by atoms with Gasteiger partial charge in [-0.05, 0) is 24.3 Å². The van der Waals surface area contributed by atoms with Crippen molar-refractivity contribution in [2.75, 3.05) is 0 Å². The molecule has 0 saturated heterocycles. The fourth-order valence-corrected chi connectivity index (χ4v) is 5.25. The Labute approximate surface area is 189 Å². The van der Waals surface area contributed by atoms with Crippen molar-refractivity contribution in [3.8, 4) is 10.6 Å². The van der Waals surface area contributed by atoms with Crippen LogP contribution in [0.1, 0.15) is 11.4 Å². The van der Waals surface area contributed by atoms with E-state index in [0.29, 0.717) is 21.4 Å². The molecule has 0 aliphatic heterocycles. The largest absolute Gasteiger partial charge is 0.459 e. The molecule has 0 amide bonds. The number of rotatable bonds is 5. The summed E-state index contributed by atoms with van der Waals surface area (Å²) in [5.74, 6) is -0.429. The second-order valence-electron chi connectivity index (χ2n) is 6.77. The Morgan fingerprint density at radius 1 is 1.06 bits per heavy atom. The number of carbonyl (C=O) groups excluding carboxylic acids is 1. The normalized spacial score (nSPS) is 11.3. The maximum Gasteiger partial charge on any atom is 0.312 e. The van der Waals surface area contributed by atoms with Crippen LogP contribution in [-0.2, 0) is 22.6 Å². The van der Waals surface area contributed by atoms with Crippen molar-refractivity contribution in [1.29, 1.82) is 0 Å². The van der Waals surface area contributed by atoms with E-state index in [4.69, 9.17) is 16.3 Å². The van der Waals surface area contributed by atoms with Gasteiger partial charge in [0.25, 0.3) is 5.56 Å². The molecular formula is C22H14ClN3O3S2. The summed E-state index contributed by atoms with van der Waals surface area (Å²) in [6, 6.07) is 16.4. The third-order valence-electron chi connectivity index (χ3n) is 4.58. The maximum absolute atomic E-state index is 12.5. The van der Waals surface area contributed by atoms with Gasteiger partial charge in [0.2, 0.25) is 0 Å². The smallest absolute Gasteiger partial charge is 0.312 e. The summed E-state index contributed by atoms with van der Waals surface area (Å²) in [6.07, 6.45) is 0.0428. The summed E-state index contributed by atoms with van der Waals surface area (Å²) in [5, 5.41) is 3.24. The zero-order chi connectivity index (χ0) is 21.4. The predicted octanol–water partition coefficient (Wildman–Crippen LogP) is 4.97. The van der Waals surface area contributed by atoms with Crippen LogP contribution in [0.15, 0.2) is 64.8 Å². The Morgan fingerprint density at radius 3 is 2.81 bits per heavy atom. The lowest BCUT2D eigenvalue weighted by atomic mass is 10.2. The molecule has 0 fully saturated rings. The molecule has 3 aromatic heterocycles. The second-order valence-corrected chi connectivity index (χ2v) is 9.07. The summed E-state index contributed by atoms with van der Waals surface area (Å²) in [5.41, 5.74) is 2.57. The summed E-state index contributed by atoms with van der Waals surface area (Å²) in [7, 11) is 0. The van der Waals surface area contributed by atoms with Crippen molar-refractivity contribution >= 4 is 55.4 Å². The summed E-state index contributed by atoms with van der Waals surface area (Å²) >= 11 is 8.89. The standard InChI is InChI=1S/C22H14ClN3O3S2/c23-14-5-3-4-13(8-14)21-24-16(12-30-21)10-20(28)29-11-15-9-19(27)26-17-6-1-2-7-18(17)31-22(26)25-15/h1-9,12H,10-11H2. The fourth-order valence-electron chi connectivity index (χ4n) is 3.19. The number of halogens is 1. The highest BCUT2D eigenvalue weighted by Crippen LogP contribution is 2.26. The van der Waals surface area contributed by atoms with Crippen LogP contribution in [0.4, 0.5) is 0 Å². The molecule has 5 rings (SSSR count). The molecule has 0 radical (unpaired) electrons. The molecular weight excluding hydrogens is 454 g/mol. The SMILES string of the molecule is O=C(Cc1csc(-c2cccc(Cl)c2)n1)OCc1cc(=O)n2c(n1)sc1ccccc12. The number of fused-ring (bicyclic) bond motifs is 3. The molecule has 154 valence electrons. The van der Waals surface area contributed by atoms with Crippen LogP contribution in [0.5, 0.6) is 0 Å². The molecule has 0 N–H and O–H groups in total. The van der Waals surface area contributed by atoms with Gasteiger partial charge < -0.3 is 4.74 Å². The van der Waals surface area contributed by atoms with Crippen molar-refractivity contribution in [2.24, 2.45) is 0 Å². The number of hydrogen-bond acceptors (Lipinski definition) is 7. The topological polar surface area (TPSA) is 73.6 Å². The minimum Gasteiger partial charge on any atom is -0.459 e. The molecule has 9 heteroatoms. The van der Waals surface area contributed by atoms with Gasteiger partial charge in [0.1, 0.15) is 11.6 Å². The lowest BCUT2D eigenvalue weighted by molar-refractivity contribution is -0.144. The van der Waals surface area contributed by atoms with E-state index in [1.165, 1.54) is 28.7 Å². The molecule has 0 saturated carbocycles. The molecule has 0 spiro atoms. The van der Waals surface area contributed by atoms with Crippen LogP contribution in [0.3, 0.4) is 0 Å². The highest BCUT2D eigenvalue weighted by atomic mass is 35.5. The monoisotopic (exact) mass is 467 g/mol. The molecule has 31 heavy (non-hydrogen) atoms. The van der Waals surface area contributed by atoms with E-state index in [0.717, 1.165) is 20.8 Å². The first-order valence-electron chi connectivity index (χ1n) is 9.33. The molecule has 6 nitrogen and oxygen atoms in total. The Kier molecular flexibility index (Phi) is 5.27. The zero-order valence-electron chi connectivity index (χ0n) is 15.9. The van der Waals surface area contributed by atoms with Gasteiger partial charge in [-0.1, -0.05) is 47.2 Å². The molecule has 0 aliphatic carbocycles. The molecule has 2 aromatic carbocycles. The van der Waals surface area contributed by atoms with Crippen molar-refractivity contribution < 1.29 is 9.53 Å². The second kappa shape index (κ2) is 8.22. The minimum atomic E-state index is -0.429. The van der Waals surface area contributed by atoms with Gasteiger partial charge in [0.15, 0.2) is 4.96 Å². The number of benzene rings is 2. The van der Waals surface area contributed by atoms with Crippen molar-refractivity contribution in [3.05, 3.63) is 86.7 Å². The number of para-hydroxylation sites is 1. The number of aromatic nitrogens is 3. The lowest BCUT2D eigenvalue weighted by Crippen LogP contribution is -2.15. The highest BCUT2D eigenvalue weighted by molar-refractivity contribution is 7.23. The first kappa shape index (κ1) is 19.9. The van der Waals surface area contributed by atoms with Gasteiger partial charge >= 0.3 is 5.97 Å². The minimum absolute atomic E-state index is 0.0428. The van der Waals surface area contributed by atoms with Gasteiger partial charge in [-0.3, -0.25) is 14.0 Å². The number of nitrogens with zero attached hydrogens (tertiary/aromatic N) is 3. The zero-order valence-corrected chi connectivity index (χ0v) is 18.3. The third kappa shape index (κ3) is 4.10. The molecule has 0 aliphatic rings. The molecule has 0 atom stereocenters. The summed E-state index contributed by atoms with van der Waals surface area (Å²) in [6.45, 7) is -0.0654. The van der Waals surface area contributed by atoms with Gasteiger partial charge in [-0.15, -0.1) is 11.3 Å². The van der Waals surface area contributed by atoms with Crippen LogP contribution in [-0.4, -0.2) is 20.3 Å². The maximum atomic E-state index is 12.5. The molecule has 5 aromatic rings. The quantitative estimate of drug-likeness (QED) is 0.341. The first-order valence-corrected chi connectivity index (χ1v) is 11.4.